The largest absolute Gasteiger partial charge is 0.454 e. The number of benzene rings is 1. The molecule has 0 N–H and O–H groups in total. The summed E-state index contributed by atoms with van der Waals surface area (Å²) in [7, 11) is 1.70. The zero-order valence-corrected chi connectivity index (χ0v) is 15.6. The quantitative estimate of drug-likeness (QED) is 0.740. The van der Waals surface area contributed by atoms with E-state index in [4.69, 9.17) is 9.47 Å². The van der Waals surface area contributed by atoms with Gasteiger partial charge < -0.3 is 19.3 Å². The standard InChI is InChI=1S/C19H27N3O4/c1-3-4-7-20(2)18(23)19(24)22-10-8-21(9-11-22)13-15-5-6-16-17(12-15)26-14-25-16/h5-6,12H,3-4,7-11,13-14H2,1-2H3. The van der Waals surface area contributed by atoms with Crippen LogP contribution < -0.4 is 9.47 Å². The van der Waals surface area contributed by atoms with E-state index < -0.39 is 5.91 Å². The molecule has 26 heavy (non-hydrogen) atoms. The molecule has 1 aromatic carbocycles. The number of hydrogen-bond donors (Lipinski definition) is 0. The fraction of sp³-hybridized carbons (Fsp3) is 0.579. The van der Waals surface area contributed by atoms with Gasteiger partial charge in [0.25, 0.3) is 0 Å². The van der Waals surface area contributed by atoms with E-state index in [1.54, 1.807) is 11.9 Å². The Kier molecular flexibility index (Phi) is 5.98. The molecule has 0 radical (unpaired) electrons. The number of nitrogens with zero attached hydrogens (tertiary/aromatic N) is 3. The van der Waals surface area contributed by atoms with Gasteiger partial charge in [0.1, 0.15) is 0 Å². The van der Waals surface area contributed by atoms with Crippen LogP contribution in [0, 0.1) is 0 Å². The maximum atomic E-state index is 12.4. The maximum absolute atomic E-state index is 12.4. The summed E-state index contributed by atoms with van der Waals surface area (Å²) in [6.45, 7) is 6.44. The third-order valence-corrected chi connectivity index (χ3v) is 4.88. The number of likely N-dealkylation sites (N-methyl/N-ethyl adjacent to an activating group) is 1. The molecule has 0 aliphatic carbocycles. The monoisotopic (exact) mass is 361 g/mol. The second kappa shape index (κ2) is 8.40. The van der Waals surface area contributed by atoms with Gasteiger partial charge in [-0.3, -0.25) is 14.5 Å². The van der Waals surface area contributed by atoms with Crippen LogP contribution in [-0.2, 0) is 16.1 Å². The minimum absolute atomic E-state index is 0.278. The third kappa shape index (κ3) is 4.27. The van der Waals surface area contributed by atoms with Crippen molar-refractivity contribution in [2.75, 3.05) is 46.6 Å². The summed E-state index contributed by atoms with van der Waals surface area (Å²) in [4.78, 5) is 30.1. The molecule has 0 atom stereocenters. The van der Waals surface area contributed by atoms with Crippen LogP contribution in [0.2, 0.25) is 0 Å². The molecule has 7 nitrogen and oxygen atoms in total. The molecule has 142 valence electrons. The molecule has 0 spiro atoms. The van der Waals surface area contributed by atoms with E-state index in [9.17, 15) is 9.59 Å². The van der Waals surface area contributed by atoms with E-state index in [0.717, 1.165) is 49.5 Å². The van der Waals surface area contributed by atoms with Crippen molar-refractivity contribution in [3.05, 3.63) is 23.8 Å². The lowest BCUT2D eigenvalue weighted by atomic mass is 10.1. The van der Waals surface area contributed by atoms with Gasteiger partial charge in [-0.1, -0.05) is 19.4 Å². The molecule has 7 heteroatoms. The smallest absolute Gasteiger partial charge is 0.312 e. The van der Waals surface area contributed by atoms with Crippen molar-refractivity contribution in [1.82, 2.24) is 14.7 Å². The Balaban J connectivity index is 1.48. The SMILES string of the molecule is CCCCN(C)C(=O)C(=O)N1CCN(Cc2ccc3c(c2)OCO3)CC1. The molecular weight excluding hydrogens is 334 g/mol. The molecule has 0 saturated carbocycles. The summed E-state index contributed by atoms with van der Waals surface area (Å²) >= 11 is 0. The second-order valence-corrected chi connectivity index (χ2v) is 6.84. The van der Waals surface area contributed by atoms with Crippen LogP contribution in [0.25, 0.3) is 0 Å². The van der Waals surface area contributed by atoms with Gasteiger partial charge in [-0.2, -0.15) is 0 Å². The average molecular weight is 361 g/mol. The Morgan fingerprint density at radius 2 is 1.85 bits per heavy atom. The predicted molar refractivity (Wildman–Crippen MR) is 97.0 cm³/mol. The average Bonchev–Trinajstić information content (AvgIpc) is 3.13. The van der Waals surface area contributed by atoms with Gasteiger partial charge in [0, 0.05) is 46.3 Å². The zero-order valence-electron chi connectivity index (χ0n) is 15.6. The zero-order chi connectivity index (χ0) is 18.5. The third-order valence-electron chi connectivity index (χ3n) is 4.88. The fourth-order valence-corrected chi connectivity index (χ4v) is 3.20. The second-order valence-electron chi connectivity index (χ2n) is 6.84. The van der Waals surface area contributed by atoms with E-state index in [1.807, 2.05) is 18.2 Å². The van der Waals surface area contributed by atoms with Crippen molar-refractivity contribution in [3.63, 3.8) is 0 Å². The van der Waals surface area contributed by atoms with Crippen molar-refractivity contribution >= 4 is 11.8 Å². The minimum Gasteiger partial charge on any atom is -0.454 e. The van der Waals surface area contributed by atoms with Crippen molar-refractivity contribution in [2.24, 2.45) is 0 Å². The van der Waals surface area contributed by atoms with Gasteiger partial charge in [-0.25, -0.2) is 0 Å². The van der Waals surface area contributed by atoms with Crippen molar-refractivity contribution in [2.45, 2.75) is 26.3 Å². The van der Waals surface area contributed by atoms with Gasteiger partial charge in [-0.05, 0) is 24.1 Å². The van der Waals surface area contributed by atoms with Gasteiger partial charge in [-0.15, -0.1) is 0 Å². The summed E-state index contributed by atoms with van der Waals surface area (Å²) in [5, 5.41) is 0. The Hall–Kier alpha value is -2.28. The minimum atomic E-state index is -0.400. The van der Waals surface area contributed by atoms with E-state index in [2.05, 4.69) is 11.8 Å². The van der Waals surface area contributed by atoms with Gasteiger partial charge in [0.05, 0.1) is 0 Å². The van der Waals surface area contributed by atoms with E-state index >= 15 is 0 Å². The Bertz CT molecular complexity index is 656. The van der Waals surface area contributed by atoms with Crippen LogP contribution in [0.4, 0.5) is 0 Å². The summed E-state index contributed by atoms with van der Waals surface area (Å²) < 4.78 is 10.8. The number of fused-ring (bicyclic) bond motifs is 1. The van der Waals surface area contributed by atoms with Gasteiger partial charge >= 0.3 is 11.8 Å². The normalized spacial score (nSPS) is 16.6. The molecule has 0 unspecified atom stereocenters. The first-order valence-electron chi connectivity index (χ1n) is 9.23. The first-order valence-corrected chi connectivity index (χ1v) is 9.23. The molecule has 1 fully saturated rings. The number of carbonyl (C=O) groups is 2. The molecule has 2 aliphatic rings. The molecule has 2 amide bonds. The predicted octanol–water partition coefficient (Wildman–Crippen LogP) is 1.32. The fourth-order valence-electron chi connectivity index (χ4n) is 3.20. The van der Waals surface area contributed by atoms with Crippen LogP contribution in [-0.4, -0.2) is 73.1 Å². The highest BCUT2D eigenvalue weighted by Crippen LogP contribution is 2.32. The van der Waals surface area contributed by atoms with Crippen LogP contribution in [0.5, 0.6) is 11.5 Å². The lowest BCUT2D eigenvalue weighted by molar-refractivity contribution is -0.152. The number of ether oxygens (including phenoxy) is 2. The molecular formula is C19H27N3O4. The van der Waals surface area contributed by atoms with E-state index in [1.165, 1.54) is 4.90 Å². The van der Waals surface area contributed by atoms with E-state index in [0.29, 0.717) is 19.6 Å². The van der Waals surface area contributed by atoms with Crippen LogP contribution >= 0.6 is 0 Å². The molecule has 3 rings (SSSR count). The Labute approximate surface area is 154 Å². The Morgan fingerprint density at radius 3 is 2.58 bits per heavy atom. The molecule has 0 bridgehead atoms. The molecule has 0 aromatic heterocycles. The molecule has 2 heterocycles. The maximum Gasteiger partial charge on any atom is 0.312 e. The van der Waals surface area contributed by atoms with Crippen LogP contribution in [0.15, 0.2) is 18.2 Å². The topological polar surface area (TPSA) is 62.3 Å². The number of hydrogen-bond acceptors (Lipinski definition) is 5. The first-order chi connectivity index (χ1) is 12.6. The number of rotatable bonds is 5. The number of piperazine rings is 1. The van der Waals surface area contributed by atoms with Crippen LogP contribution in [0.3, 0.4) is 0 Å². The summed E-state index contributed by atoms with van der Waals surface area (Å²) in [6, 6.07) is 5.98. The molecule has 2 aliphatic heterocycles. The molecule has 1 aromatic rings. The van der Waals surface area contributed by atoms with Crippen molar-refractivity contribution < 1.29 is 19.1 Å². The summed E-state index contributed by atoms with van der Waals surface area (Å²) in [5.74, 6) is 0.793. The highest BCUT2D eigenvalue weighted by atomic mass is 16.7. The number of unbranched alkanes of at least 4 members (excludes halogenated alkanes) is 1. The van der Waals surface area contributed by atoms with Gasteiger partial charge in [0.2, 0.25) is 6.79 Å². The molecule has 1 saturated heterocycles. The van der Waals surface area contributed by atoms with Crippen molar-refractivity contribution in [3.8, 4) is 11.5 Å². The summed E-state index contributed by atoms with van der Waals surface area (Å²) in [6.07, 6.45) is 1.92. The lowest BCUT2D eigenvalue weighted by Crippen LogP contribution is -2.52. The Morgan fingerprint density at radius 1 is 1.12 bits per heavy atom. The van der Waals surface area contributed by atoms with Crippen LogP contribution in [0.1, 0.15) is 25.3 Å². The lowest BCUT2D eigenvalue weighted by Gasteiger charge is -2.35. The number of carbonyl (C=O) groups excluding carboxylic acids is 2. The highest BCUT2D eigenvalue weighted by Gasteiger charge is 2.28. The van der Waals surface area contributed by atoms with Gasteiger partial charge in [0.15, 0.2) is 11.5 Å². The first kappa shape index (κ1) is 18.5. The van der Waals surface area contributed by atoms with Crippen molar-refractivity contribution in [1.29, 1.82) is 0 Å². The van der Waals surface area contributed by atoms with E-state index in [-0.39, 0.29) is 12.7 Å². The number of amides is 2. The highest BCUT2D eigenvalue weighted by molar-refractivity contribution is 6.34. The summed E-state index contributed by atoms with van der Waals surface area (Å²) in [5.41, 5.74) is 1.16.